The van der Waals surface area contributed by atoms with Gasteiger partial charge < -0.3 is 14.4 Å². The molecule has 25 heavy (non-hydrogen) atoms. The molecule has 0 aromatic heterocycles. The summed E-state index contributed by atoms with van der Waals surface area (Å²) in [6.07, 6.45) is 2.70. The lowest BCUT2D eigenvalue weighted by atomic mass is 10.0. The van der Waals surface area contributed by atoms with E-state index in [1.54, 1.807) is 0 Å². The van der Waals surface area contributed by atoms with Gasteiger partial charge in [-0.25, -0.2) is 0 Å². The Morgan fingerprint density at radius 1 is 1.00 bits per heavy atom. The van der Waals surface area contributed by atoms with Crippen LogP contribution in [0, 0.1) is 0 Å². The van der Waals surface area contributed by atoms with E-state index in [2.05, 4.69) is 21.7 Å². The summed E-state index contributed by atoms with van der Waals surface area (Å²) in [5, 5.41) is 0. The Kier molecular flexibility index (Phi) is 6.96. The molecule has 1 aromatic rings. The summed E-state index contributed by atoms with van der Waals surface area (Å²) in [6.45, 7) is 11.5. The Hall–Kier alpha value is -1.30. The van der Waals surface area contributed by atoms with Crippen LogP contribution in [0.5, 0.6) is 11.5 Å². The molecule has 2 saturated heterocycles. The molecule has 0 spiro atoms. The van der Waals surface area contributed by atoms with E-state index in [0.29, 0.717) is 6.61 Å². The van der Waals surface area contributed by atoms with E-state index >= 15 is 0 Å². The van der Waals surface area contributed by atoms with Crippen molar-refractivity contribution < 1.29 is 9.47 Å². The Morgan fingerprint density at radius 3 is 2.40 bits per heavy atom. The zero-order valence-corrected chi connectivity index (χ0v) is 15.8. The van der Waals surface area contributed by atoms with Gasteiger partial charge in [0.25, 0.3) is 0 Å². The van der Waals surface area contributed by atoms with E-state index in [1.807, 2.05) is 31.2 Å². The van der Waals surface area contributed by atoms with Gasteiger partial charge in [0.1, 0.15) is 6.61 Å². The second-order valence-electron chi connectivity index (χ2n) is 7.16. The maximum Gasteiger partial charge on any atom is 0.161 e. The van der Waals surface area contributed by atoms with Crippen LogP contribution in [0.3, 0.4) is 0 Å². The van der Waals surface area contributed by atoms with Crippen molar-refractivity contribution in [2.75, 3.05) is 66.1 Å². The molecule has 5 nitrogen and oxygen atoms in total. The molecule has 0 saturated carbocycles. The zero-order valence-electron chi connectivity index (χ0n) is 15.8. The topological polar surface area (TPSA) is 28.2 Å². The van der Waals surface area contributed by atoms with Crippen molar-refractivity contribution in [3.63, 3.8) is 0 Å². The fourth-order valence-corrected chi connectivity index (χ4v) is 3.92. The number of benzene rings is 1. The van der Waals surface area contributed by atoms with Gasteiger partial charge in [0.2, 0.25) is 0 Å². The number of ether oxygens (including phenoxy) is 2. The summed E-state index contributed by atoms with van der Waals surface area (Å²) in [4.78, 5) is 7.69. The number of para-hydroxylation sites is 2. The van der Waals surface area contributed by atoms with Crippen molar-refractivity contribution in [3.05, 3.63) is 24.3 Å². The van der Waals surface area contributed by atoms with Crippen molar-refractivity contribution in [1.82, 2.24) is 14.7 Å². The quantitative estimate of drug-likeness (QED) is 0.754. The third kappa shape index (κ3) is 5.33. The minimum atomic E-state index is 0.665. The van der Waals surface area contributed by atoms with Crippen molar-refractivity contribution in [2.45, 2.75) is 25.8 Å². The fourth-order valence-electron chi connectivity index (χ4n) is 3.92. The molecule has 5 heteroatoms. The average Bonchev–Trinajstić information content (AvgIpc) is 2.64. The van der Waals surface area contributed by atoms with Crippen molar-refractivity contribution >= 4 is 0 Å². The number of piperazine rings is 1. The molecule has 140 valence electrons. The molecule has 0 amide bonds. The lowest BCUT2D eigenvalue weighted by Crippen LogP contribution is -2.54. The van der Waals surface area contributed by atoms with Crippen LogP contribution in [0.25, 0.3) is 0 Å². The van der Waals surface area contributed by atoms with E-state index in [-0.39, 0.29) is 0 Å². The van der Waals surface area contributed by atoms with Crippen LogP contribution in [0.1, 0.15) is 19.8 Å². The van der Waals surface area contributed by atoms with Crippen LogP contribution in [0.4, 0.5) is 0 Å². The first-order chi connectivity index (χ1) is 12.3. The summed E-state index contributed by atoms with van der Waals surface area (Å²) < 4.78 is 11.6. The Morgan fingerprint density at radius 2 is 1.72 bits per heavy atom. The second-order valence-corrected chi connectivity index (χ2v) is 7.16. The van der Waals surface area contributed by atoms with Gasteiger partial charge in [-0.15, -0.1) is 0 Å². The van der Waals surface area contributed by atoms with Crippen LogP contribution < -0.4 is 9.47 Å². The monoisotopic (exact) mass is 347 g/mol. The van der Waals surface area contributed by atoms with E-state index in [0.717, 1.165) is 43.8 Å². The third-order valence-corrected chi connectivity index (χ3v) is 5.34. The molecule has 0 N–H and O–H groups in total. The summed E-state index contributed by atoms with van der Waals surface area (Å²) >= 11 is 0. The molecule has 2 aliphatic rings. The molecule has 0 aliphatic carbocycles. The van der Waals surface area contributed by atoms with Crippen LogP contribution >= 0.6 is 0 Å². The predicted molar refractivity (Wildman–Crippen MR) is 102 cm³/mol. The number of rotatable bonds is 7. The molecule has 0 unspecified atom stereocenters. The minimum absolute atomic E-state index is 0.665. The first-order valence-electron chi connectivity index (χ1n) is 9.76. The first-order valence-corrected chi connectivity index (χ1v) is 9.76. The van der Waals surface area contributed by atoms with Crippen molar-refractivity contribution in [3.8, 4) is 11.5 Å². The summed E-state index contributed by atoms with van der Waals surface area (Å²) in [5.74, 6) is 1.70. The maximum atomic E-state index is 5.96. The minimum Gasteiger partial charge on any atom is -0.490 e. The molecule has 0 radical (unpaired) electrons. The molecular formula is C20H33N3O2. The highest BCUT2D eigenvalue weighted by atomic mass is 16.5. The molecule has 2 aliphatic heterocycles. The second kappa shape index (κ2) is 9.41. The van der Waals surface area contributed by atoms with E-state index in [4.69, 9.17) is 9.47 Å². The smallest absolute Gasteiger partial charge is 0.161 e. The molecule has 3 rings (SSSR count). The number of hydrogen-bond acceptors (Lipinski definition) is 5. The zero-order chi connectivity index (χ0) is 17.5. The van der Waals surface area contributed by atoms with Gasteiger partial charge in [0.05, 0.1) is 6.61 Å². The van der Waals surface area contributed by atoms with Crippen LogP contribution in [-0.4, -0.2) is 86.8 Å². The van der Waals surface area contributed by atoms with E-state index < -0.39 is 0 Å². The highest BCUT2D eigenvalue weighted by molar-refractivity contribution is 5.39. The molecule has 2 heterocycles. The molecule has 1 atom stereocenters. The Labute approximate surface area is 152 Å². The molecular weight excluding hydrogens is 314 g/mol. The molecule has 1 aromatic carbocycles. The number of hydrogen-bond donors (Lipinski definition) is 0. The SMILES string of the molecule is CCOc1ccccc1OCCN1CCN([C@H]2CCCN(C)C2)CC1. The predicted octanol–water partition coefficient (Wildman–Crippen LogP) is 2.18. The Balaban J connectivity index is 1.38. The summed E-state index contributed by atoms with van der Waals surface area (Å²) in [5.41, 5.74) is 0. The summed E-state index contributed by atoms with van der Waals surface area (Å²) in [6, 6.07) is 8.70. The van der Waals surface area contributed by atoms with Crippen LogP contribution in [0.2, 0.25) is 0 Å². The van der Waals surface area contributed by atoms with Gasteiger partial charge in [0.15, 0.2) is 11.5 Å². The third-order valence-electron chi connectivity index (χ3n) is 5.34. The van der Waals surface area contributed by atoms with E-state index in [1.165, 1.54) is 39.0 Å². The van der Waals surface area contributed by atoms with Gasteiger partial charge in [0, 0.05) is 45.3 Å². The van der Waals surface area contributed by atoms with Crippen molar-refractivity contribution in [2.24, 2.45) is 0 Å². The highest BCUT2D eigenvalue weighted by Crippen LogP contribution is 2.26. The largest absolute Gasteiger partial charge is 0.490 e. The fraction of sp³-hybridized carbons (Fsp3) is 0.700. The maximum absolute atomic E-state index is 5.96. The molecule has 0 bridgehead atoms. The van der Waals surface area contributed by atoms with Gasteiger partial charge in [-0.05, 0) is 45.5 Å². The van der Waals surface area contributed by atoms with Gasteiger partial charge >= 0.3 is 0 Å². The number of piperidine rings is 1. The normalized spacial score (nSPS) is 23.5. The van der Waals surface area contributed by atoms with Crippen LogP contribution in [0.15, 0.2) is 24.3 Å². The lowest BCUT2D eigenvalue weighted by molar-refractivity contribution is 0.0545. The highest BCUT2D eigenvalue weighted by Gasteiger charge is 2.26. The van der Waals surface area contributed by atoms with E-state index in [9.17, 15) is 0 Å². The number of nitrogens with zero attached hydrogens (tertiary/aromatic N) is 3. The Bertz CT molecular complexity index is 517. The van der Waals surface area contributed by atoms with Gasteiger partial charge in [-0.3, -0.25) is 9.80 Å². The van der Waals surface area contributed by atoms with Crippen molar-refractivity contribution in [1.29, 1.82) is 0 Å². The lowest BCUT2D eigenvalue weighted by Gasteiger charge is -2.42. The number of likely N-dealkylation sites (tertiary alicyclic amines) is 1. The summed E-state index contributed by atoms with van der Waals surface area (Å²) in [7, 11) is 2.25. The van der Waals surface area contributed by atoms with Crippen LogP contribution in [-0.2, 0) is 0 Å². The molecule has 2 fully saturated rings. The van der Waals surface area contributed by atoms with Gasteiger partial charge in [-0.1, -0.05) is 12.1 Å². The van der Waals surface area contributed by atoms with Gasteiger partial charge in [-0.2, -0.15) is 0 Å². The average molecular weight is 348 g/mol. The standard InChI is InChI=1S/C20H33N3O2/c1-3-24-19-8-4-5-9-20(19)25-16-15-22-11-13-23(14-12-22)18-7-6-10-21(2)17-18/h4-5,8-9,18H,3,6-7,10-17H2,1-2H3/t18-/m0/s1. The first kappa shape index (κ1) is 18.5. The number of likely N-dealkylation sites (N-methyl/N-ethyl adjacent to an activating group) is 1.